The van der Waals surface area contributed by atoms with Crippen molar-refractivity contribution in [3.63, 3.8) is 0 Å². The second kappa shape index (κ2) is 5.35. The second-order valence-electron chi connectivity index (χ2n) is 10.7. The molecule has 0 saturated heterocycles. The quantitative estimate of drug-likeness (QED) is 0.542. The molecule has 24 heavy (non-hydrogen) atoms. The fourth-order valence-electron chi connectivity index (χ4n) is 8.20. The Morgan fingerprint density at radius 1 is 1.00 bits per heavy atom. The third kappa shape index (κ3) is 2.22. The molecule has 1 unspecified atom stereocenters. The van der Waals surface area contributed by atoms with Crippen molar-refractivity contribution in [1.82, 2.24) is 0 Å². The Hall–Kier alpha value is -0.300. The summed E-state index contributed by atoms with van der Waals surface area (Å²) in [5.74, 6) is 4.27. The van der Waals surface area contributed by atoms with Crippen LogP contribution < -0.4 is 0 Å². The maximum absolute atomic E-state index is 10.7. The van der Waals surface area contributed by atoms with Gasteiger partial charge in [0.15, 0.2) is 0 Å². The number of rotatable bonds is 0. The molecule has 0 aliphatic heterocycles. The molecule has 4 aliphatic rings. The minimum Gasteiger partial charge on any atom is -0.390 e. The van der Waals surface area contributed by atoms with Crippen molar-refractivity contribution >= 4 is 0 Å². The molecule has 136 valence electrons. The molecule has 4 fully saturated rings. The van der Waals surface area contributed by atoms with Crippen molar-refractivity contribution in [2.75, 3.05) is 0 Å². The van der Waals surface area contributed by atoms with Crippen LogP contribution in [0.3, 0.4) is 0 Å². The summed E-state index contributed by atoms with van der Waals surface area (Å²) in [6.07, 6.45) is 12.8. The van der Waals surface area contributed by atoms with E-state index in [1.54, 1.807) is 5.57 Å². The molecule has 0 aromatic rings. The van der Waals surface area contributed by atoms with E-state index >= 15 is 0 Å². The summed E-state index contributed by atoms with van der Waals surface area (Å²) in [6, 6.07) is 0. The van der Waals surface area contributed by atoms with Gasteiger partial charge in [-0.1, -0.05) is 32.4 Å². The van der Waals surface area contributed by atoms with Crippen LogP contribution in [0.4, 0.5) is 0 Å². The van der Waals surface area contributed by atoms with E-state index in [9.17, 15) is 5.11 Å². The van der Waals surface area contributed by atoms with E-state index in [0.717, 1.165) is 42.4 Å². The predicted molar refractivity (Wildman–Crippen MR) is 101 cm³/mol. The molecule has 0 bridgehead atoms. The molecule has 0 heterocycles. The van der Waals surface area contributed by atoms with Crippen molar-refractivity contribution in [2.45, 2.75) is 91.6 Å². The van der Waals surface area contributed by atoms with Gasteiger partial charge in [-0.25, -0.2) is 0 Å². The van der Waals surface area contributed by atoms with Crippen molar-refractivity contribution in [1.29, 1.82) is 0 Å². The molecule has 0 aromatic heterocycles. The molecule has 8 atom stereocenters. The third-order valence-electron chi connectivity index (χ3n) is 9.52. The van der Waals surface area contributed by atoms with E-state index in [0.29, 0.717) is 10.8 Å². The average Bonchev–Trinajstić information content (AvgIpc) is 2.86. The number of allylic oxidation sites excluding steroid dienone is 2. The van der Waals surface area contributed by atoms with Crippen LogP contribution in [0.2, 0.25) is 0 Å². The van der Waals surface area contributed by atoms with E-state index in [4.69, 9.17) is 0 Å². The van der Waals surface area contributed by atoms with Crippen LogP contribution in [0, 0.1) is 40.4 Å². The molecule has 1 heteroatoms. The Labute approximate surface area is 149 Å². The van der Waals surface area contributed by atoms with Gasteiger partial charge in [-0.05, 0) is 106 Å². The highest BCUT2D eigenvalue weighted by molar-refractivity contribution is 5.24. The summed E-state index contributed by atoms with van der Waals surface area (Å²) in [6.45, 7) is 12.0. The van der Waals surface area contributed by atoms with Crippen LogP contribution >= 0.6 is 0 Å². The van der Waals surface area contributed by atoms with E-state index in [1.165, 1.54) is 38.5 Å². The Kier molecular flexibility index (Phi) is 3.82. The molecule has 4 saturated carbocycles. The van der Waals surface area contributed by atoms with E-state index < -0.39 is 5.60 Å². The van der Waals surface area contributed by atoms with Crippen LogP contribution in [0.15, 0.2) is 11.6 Å². The molecule has 1 N–H and O–H groups in total. The first-order valence-electron chi connectivity index (χ1n) is 10.6. The normalized spacial score (nSPS) is 58.9. The van der Waals surface area contributed by atoms with Crippen LogP contribution in [0.1, 0.15) is 86.0 Å². The lowest BCUT2D eigenvalue weighted by atomic mass is 9.42. The molecule has 4 aliphatic carbocycles. The monoisotopic (exact) mass is 330 g/mol. The second-order valence-corrected chi connectivity index (χ2v) is 10.7. The van der Waals surface area contributed by atoms with Gasteiger partial charge >= 0.3 is 0 Å². The van der Waals surface area contributed by atoms with Crippen molar-refractivity contribution in [2.24, 2.45) is 40.4 Å². The number of fused-ring (bicyclic) bond motifs is 5. The first-order valence-corrected chi connectivity index (χ1v) is 10.6. The highest BCUT2D eigenvalue weighted by atomic mass is 16.3. The largest absolute Gasteiger partial charge is 0.390 e. The van der Waals surface area contributed by atoms with Gasteiger partial charge in [-0.3, -0.25) is 0 Å². The lowest BCUT2D eigenvalue weighted by Gasteiger charge is -2.63. The Morgan fingerprint density at radius 2 is 1.75 bits per heavy atom. The summed E-state index contributed by atoms with van der Waals surface area (Å²) < 4.78 is 0. The van der Waals surface area contributed by atoms with Gasteiger partial charge in [-0.15, -0.1) is 0 Å². The topological polar surface area (TPSA) is 20.2 Å². The molecule has 0 aromatic carbocycles. The molecular formula is C23H38O. The molecule has 0 spiro atoms. The Balaban J connectivity index is 1.67. The lowest BCUT2D eigenvalue weighted by molar-refractivity contribution is -0.158. The smallest absolute Gasteiger partial charge is 0.0623 e. The van der Waals surface area contributed by atoms with Crippen LogP contribution in [-0.2, 0) is 0 Å². The standard InChI is InChI=1S/C23H38O/c1-6-16-7-8-18-17-13-15(2)20-14-21(3,24)11-12-23(20,5)19(17)9-10-22(16,18)4/h6,15,17-20,24H,7-14H2,1-5H3/b16-6-/t15-,17+,18+,19+,20-,21?,22-,23-/m1/s1. The highest BCUT2D eigenvalue weighted by Gasteiger charge is 2.61. The SMILES string of the molecule is C/C=C1/CC[C@H]2[C@@H]3C[C@@H](C)[C@H]4CC(C)(O)CC[C@]4(C)[C@H]3CC[C@]12C. The van der Waals surface area contributed by atoms with Gasteiger partial charge in [-0.2, -0.15) is 0 Å². The summed E-state index contributed by atoms with van der Waals surface area (Å²) in [7, 11) is 0. The zero-order chi connectivity index (χ0) is 17.3. The van der Waals surface area contributed by atoms with Crippen LogP contribution in [0.5, 0.6) is 0 Å². The minimum absolute atomic E-state index is 0.417. The third-order valence-corrected chi connectivity index (χ3v) is 9.52. The number of hydrogen-bond donors (Lipinski definition) is 1. The highest BCUT2D eigenvalue weighted by Crippen LogP contribution is 2.68. The van der Waals surface area contributed by atoms with Gasteiger partial charge in [0.1, 0.15) is 0 Å². The zero-order valence-electron chi connectivity index (χ0n) is 16.6. The van der Waals surface area contributed by atoms with E-state index in [2.05, 4.69) is 40.7 Å². The van der Waals surface area contributed by atoms with Gasteiger partial charge in [0, 0.05) is 0 Å². The molecule has 4 rings (SSSR count). The summed E-state index contributed by atoms with van der Waals surface area (Å²) in [4.78, 5) is 0. The number of aliphatic hydroxyl groups is 1. The van der Waals surface area contributed by atoms with Gasteiger partial charge < -0.3 is 5.11 Å². The summed E-state index contributed by atoms with van der Waals surface area (Å²) >= 11 is 0. The summed E-state index contributed by atoms with van der Waals surface area (Å²) in [5.41, 5.74) is 2.32. The van der Waals surface area contributed by atoms with Crippen molar-refractivity contribution < 1.29 is 5.11 Å². The van der Waals surface area contributed by atoms with Crippen LogP contribution in [-0.4, -0.2) is 10.7 Å². The van der Waals surface area contributed by atoms with Crippen molar-refractivity contribution in [3.05, 3.63) is 11.6 Å². The number of hydrogen-bond acceptors (Lipinski definition) is 1. The first kappa shape index (κ1) is 17.1. The van der Waals surface area contributed by atoms with Gasteiger partial charge in [0.05, 0.1) is 5.60 Å². The summed E-state index contributed by atoms with van der Waals surface area (Å²) in [5, 5.41) is 10.7. The van der Waals surface area contributed by atoms with Crippen LogP contribution in [0.25, 0.3) is 0 Å². The molecule has 1 nitrogen and oxygen atoms in total. The predicted octanol–water partition coefficient (Wildman–Crippen LogP) is 5.97. The van der Waals surface area contributed by atoms with E-state index in [1.807, 2.05) is 0 Å². The molecule has 0 amide bonds. The molecule has 0 radical (unpaired) electrons. The Morgan fingerprint density at radius 3 is 2.46 bits per heavy atom. The van der Waals surface area contributed by atoms with Gasteiger partial charge in [0.2, 0.25) is 0 Å². The average molecular weight is 331 g/mol. The molecular weight excluding hydrogens is 292 g/mol. The zero-order valence-corrected chi connectivity index (χ0v) is 16.6. The van der Waals surface area contributed by atoms with Crippen molar-refractivity contribution in [3.8, 4) is 0 Å². The minimum atomic E-state index is -0.417. The lowest BCUT2D eigenvalue weighted by Crippen LogP contribution is -2.57. The van der Waals surface area contributed by atoms with Gasteiger partial charge in [0.25, 0.3) is 0 Å². The van der Waals surface area contributed by atoms with E-state index in [-0.39, 0.29) is 0 Å². The fourth-order valence-corrected chi connectivity index (χ4v) is 8.20. The fraction of sp³-hybridized carbons (Fsp3) is 0.913. The Bertz CT molecular complexity index is 546. The maximum Gasteiger partial charge on any atom is 0.0623 e. The first-order chi connectivity index (χ1) is 11.2. The maximum atomic E-state index is 10.7.